The Kier molecular flexibility index (Phi) is 5.95. The van der Waals surface area contributed by atoms with Crippen LogP contribution in [0.15, 0.2) is 65.8 Å². The zero-order chi connectivity index (χ0) is 18.4. The molecule has 0 radical (unpaired) electrons. The largest absolute Gasteiger partial charge is 0.299 e. The van der Waals surface area contributed by atoms with E-state index in [4.69, 9.17) is 5.10 Å². The third-order valence-electron chi connectivity index (χ3n) is 4.60. The molecule has 0 spiro atoms. The van der Waals surface area contributed by atoms with Crippen LogP contribution in [0, 0.1) is 5.92 Å². The normalized spacial score (nSPS) is 18.7. The first-order chi connectivity index (χ1) is 12.6. The number of Topliss-reactive ketones (excluding diaryl/α,β-unsaturated/α-hetero) is 2. The molecule has 0 aromatic heterocycles. The van der Waals surface area contributed by atoms with E-state index in [1.165, 1.54) is 6.92 Å². The highest BCUT2D eigenvalue weighted by molar-refractivity contribution is 6.21. The van der Waals surface area contributed by atoms with Crippen LogP contribution < -0.4 is 0 Å². The van der Waals surface area contributed by atoms with Crippen molar-refractivity contribution in [2.75, 3.05) is 0 Å². The molecule has 2 aromatic carbocycles. The second-order valence-corrected chi connectivity index (χ2v) is 6.75. The summed E-state index contributed by atoms with van der Waals surface area (Å²) in [6.07, 6.45) is 1.95. The molecule has 1 fully saturated rings. The average Bonchev–Trinajstić information content (AvgIpc) is 2.63. The summed E-state index contributed by atoms with van der Waals surface area (Å²) in [4.78, 5) is 24.2. The topological polar surface area (TPSA) is 49.7 Å². The molecule has 1 saturated carbocycles. The molecule has 0 saturated heterocycles. The fraction of sp³-hybridized carbons (Fsp3) is 0.318. The lowest BCUT2D eigenvalue weighted by molar-refractivity contribution is -0.129. The number of hydrogen-bond acceptors (Lipinski definition) is 4. The van der Waals surface area contributed by atoms with Crippen LogP contribution in [-0.2, 0) is 22.7 Å². The first-order valence-electron chi connectivity index (χ1n) is 9.07. The lowest BCUT2D eigenvalue weighted by Gasteiger charge is -2.26. The van der Waals surface area contributed by atoms with Gasteiger partial charge in [-0.1, -0.05) is 60.7 Å². The van der Waals surface area contributed by atoms with Crippen LogP contribution in [0.1, 0.15) is 37.3 Å². The molecule has 1 unspecified atom stereocenters. The van der Waals surface area contributed by atoms with E-state index < -0.39 is 5.92 Å². The van der Waals surface area contributed by atoms with Crippen molar-refractivity contribution in [1.29, 1.82) is 0 Å². The molecule has 0 amide bonds. The molecule has 3 rings (SSSR count). The first kappa shape index (κ1) is 18.1. The molecule has 1 atom stereocenters. The zero-order valence-electron chi connectivity index (χ0n) is 15.1. The van der Waals surface area contributed by atoms with Crippen molar-refractivity contribution in [2.24, 2.45) is 11.0 Å². The Balaban J connectivity index is 1.88. The van der Waals surface area contributed by atoms with Crippen LogP contribution in [0.4, 0.5) is 0 Å². The average molecular weight is 348 g/mol. The summed E-state index contributed by atoms with van der Waals surface area (Å²) in [5.74, 6) is -0.771. The summed E-state index contributed by atoms with van der Waals surface area (Å²) in [5.41, 5.74) is 3.00. The highest BCUT2D eigenvalue weighted by atomic mass is 16.1. The minimum Gasteiger partial charge on any atom is -0.299 e. The highest BCUT2D eigenvalue weighted by Crippen LogP contribution is 2.21. The number of rotatable bonds is 6. The molecular formula is C22H24N2O2. The molecule has 134 valence electrons. The molecule has 0 N–H and O–H groups in total. The monoisotopic (exact) mass is 348 g/mol. The van der Waals surface area contributed by atoms with Crippen LogP contribution in [0.25, 0.3) is 0 Å². The van der Waals surface area contributed by atoms with Crippen molar-refractivity contribution < 1.29 is 9.59 Å². The third kappa shape index (κ3) is 4.66. The van der Waals surface area contributed by atoms with Gasteiger partial charge in [0, 0.05) is 6.42 Å². The molecule has 26 heavy (non-hydrogen) atoms. The molecule has 1 aliphatic carbocycles. The molecule has 0 aliphatic heterocycles. The van der Waals surface area contributed by atoms with E-state index in [-0.39, 0.29) is 11.6 Å². The number of carbonyl (C=O) groups excluding carboxylic acids is 2. The number of ketones is 2. The minimum atomic E-state index is -0.669. The summed E-state index contributed by atoms with van der Waals surface area (Å²) in [6, 6.07) is 20.2. The predicted molar refractivity (Wildman–Crippen MR) is 103 cm³/mol. The number of hydrazone groups is 1. The number of hydrogen-bond donors (Lipinski definition) is 0. The Labute approximate surface area is 154 Å². The maximum absolute atomic E-state index is 12.2. The van der Waals surface area contributed by atoms with Gasteiger partial charge in [0.15, 0.2) is 0 Å². The minimum absolute atomic E-state index is 0.00173. The van der Waals surface area contributed by atoms with Crippen molar-refractivity contribution in [3.05, 3.63) is 71.8 Å². The maximum atomic E-state index is 12.2. The molecule has 2 aromatic rings. The van der Waals surface area contributed by atoms with Gasteiger partial charge in [-0.3, -0.25) is 14.6 Å². The number of benzene rings is 2. The summed E-state index contributed by atoms with van der Waals surface area (Å²) < 4.78 is 0. The van der Waals surface area contributed by atoms with Gasteiger partial charge in [-0.15, -0.1) is 0 Å². The van der Waals surface area contributed by atoms with E-state index in [0.29, 0.717) is 31.6 Å². The zero-order valence-corrected chi connectivity index (χ0v) is 15.1. The van der Waals surface area contributed by atoms with Crippen molar-refractivity contribution in [2.45, 2.75) is 39.3 Å². The van der Waals surface area contributed by atoms with Crippen LogP contribution in [0.5, 0.6) is 0 Å². The van der Waals surface area contributed by atoms with Gasteiger partial charge in [-0.05, 0) is 30.9 Å². The van der Waals surface area contributed by atoms with Gasteiger partial charge in [0.25, 0.3) is 0 Å². The smallest absolute Gasteiger partial charge is 0.149 e. The maximum Gasteiger partial charge on any atom is 0.149 e. The molecule has 4 heteroatoms. The Morgan fingerprint density at radius 2 is 1.50 bits per heavy atom. The van der Waals surface area contributed by atoms with Gasteiger partial charge in [-0.2, -0.15) is 5.10 Å². The molecule has 0 bridgehead atoms. The van der Waals surface area contributed by atoms with E-state index in [1.807, 2.05) is 41.4 Å². The second kappa shape index (κ2) is 8.56. The third-order valence-corrected chi connectivity index (χ3v) is 4.60. The van der Waals surface area contributed by atoms with Crippen LogP contribution >= 0.6 is 0 Å². The first-order valence-corrected chi connectivity index (χ1v) is 9.07. The fourth-order valence-electron chi connectivity index (χ4n) is 3.38. The number of carbonyl (C=O) groups is 2. The summed E-state index contributed by atoms with van der Waals surface area (Å²) in [6.45, 7) is 2.76. The van der Waals surface area contributed by atoms with Gasteiger partial charge in [0.05, 0.1) is 18.8 Å². The Hall–Kier alpha value is -2.75. The summed E-state index contributed by atoms with van der Waals surface area (Å²) in [5, 5.41) is 6.75. The Morgan fingerprint density at radius 1 is 0.962 bits per heavy atom. The Morgan fingerprint density at radius 3 is 2.00 bits per heavy atom. The Bertz CT molecular complexity index is 743. The molecular weight excluding hydrogens is 324 g/mol. The predicted octanol–water partition coefficient (Wildman–Crippen LogP) is 4.00. The quantitative estimate of drug-likeness (QED) is 0.585. The molecule has 1 aliphatic rings. The fourth-order valence-corrected chi connectivity index (χ4v) is 3.38. The van der Waals surface area contributed by atoms with Crippen LogP contribution in [0.3, 0.4) is 0 Å². The second-order valence-electron chi connectivity index (χ2n) is 6.75. The number of nitrogens with zero attached hydrogens (tertiary/aromatic N) is 2. The molecule has 0 heterocycles. The van der Waals surface area contributed by atoms with Crippen molar-refractivity contribution in [3.63, 3.8) is 0 Å². The van der Waals surface area contributed by atoms with Gasteiger partial charge in [-0.25, -0.2) is 0 Å². The van der Waals surface area contributed by atoms with Gasteiger partial charge in [0.2, 0.25) is 0 Å². The van der Waals surface area contributed by atoms with E-state index >= 15 is 0 Å². The standard InChI is InChI=1S/C22H24N2O2/c1-17(25)22-20(13-8-14-21(22)26)23-24(15-18-9-4-2-5-10-18)16-19-11-6-3-7-12-19/h2-7,9-12,22H,8,13-16H2,1H3/b23-20+. The van der Waals surface area contributed by atoms with E-state index in [1.54, 1.807) is 0 Å². The van der Waals surface area contributed by atoms with Crippen molar-refractivity contribution >= 4 is 17.3 Å². The van der Waals surface area contributed by atoms with Crippen LogP contribution in [0.2, 0.25) is 0 Å². The SMILES string of the molecule is CC(=O)C1C(=O)CCC/C1=N\N(Cc1ccccc1)Cc1ccccc1. The van der Waals surface area contributed by atoms with Gasteiger partial charge in [0.1, 0.15) is 17.5 Å². The molecule has 4 nitrogen and oxygen atoms in total. The van der Waals surface area contributed by atoms with Crippen molar-refractivity contribution in [3.8, 4) is 0 Å². The van der Waals surface area contributed by atoms with Gasteiger partial charge < -0.3 is 0 Å². The lowest BCUT2D eigenvalue weighted by atomic mass is 9.83. The van der Waals surface area contributed by atoms with Crippen molar-refractivity contribution in [1.82, 2.24) is 5.01 Å². The lowest BCUT2D eigenvalue weighted by Crippen LogP contribution is -2.35. The van der Waals surface area contributed by atoms with E-state index in [0.717, 1.165) is 17.5 Å². The van der Waals surface area contributed by atoms with E-state index in [2.05, 4.69) is 24.3 Å². The van der Waals surface area contributed by atoms with E-state index in [9.17, 15) is 9.59 Å². The van der Waals surface area contributed by atoms with Gasteiger partial charge >= 0.3 is 0 Å². The van der Waals surface area contributed by atoms with Crippen LogP contribution in [-0.4, -0.2) is 22.3 Å². The highest BCUT2D eigenvalue weighted by Gasteiger charge is 2.32. The summed E-state index contributed by atoms with van der Waals surface area (Å²) >= 11 is 0. The summed E-state index contributed by atoms with van der Waals surface area (Å²) in [7, 11) is 0.